The smallest absolute Gasteiger partial charge is 0.121 e. The van der Waals surface area contributed by atoms with Gasteiger partial charge in [-0.15, -0.1) is 12.4 Å². The minimum Gasteiger partial charge on any atom is -0.496 e. The molecule has 4 heteroatoms. The van der Waals surface area contributed by atoms with E-state index in [4.69, 9.17) is 15.2 Å². The molecule has 0 aliphatic carbocycles. The van der Waals surface area contributed by atoms with Gasteiger partial charge in [-0.3, -0.25) is 0 Å². The van der Waals surface area contributed by atoms with Crippen LogP contribution in [0.3, 0.4) is 0 Å². The largest absolute Gasteiger partial charge is 0.496 e. The summed E-state index contributed by atoms with van der Waals surface area (Å²) in [6.07, 6.45) is 2.12. The fourth-order valence-electron chi connectivity index (χ4n) is 2.46. The summed E-state index contributed by atoms with van der Waals surface area (Å²) in [5.41, 5.74) is 8.68. The molecule has 0 aromatic heterocycles. The number of hydrogen-bond donors (Lipinski definition) is 1. The highest BCUT2D eigenvalue weighted by Gasteiger charge is 2.22. The molecule has 0 radical (unpaired) electrons. The molecule has 0 bridgehead atoms. The molecule has 1 aromatic rings. The van der Waals surface area contributed by atoms with Gasteiger partial charge < -0.3 is 15.2 Å². The summed E-state index contributed by atoms with van der Waals surface area (Å²) in [6.45, 7) is 3.74. The van der Waals surface area contributed by atoms with Gasteiger partial charge in [0.2, 0.25) is 0 Å². The third kappa shape index (κ3) is 3.37. The van der Waals surface area contributed by atoms with Gasteiger partial charge in [0.15, 0.2) is 0 Å². The first kappa shape index (κ1) is 15.3. The highest BCUT2D eigenvalue weighted by Crippen LogP contribution is 2.30. The van der Waals surface area contributed by atoms with E-state index in [1.807, 2.05) is 6.07 Å². The fraction of sp³-hybridized carbons (Fsp3) is 0.571. The molecule has 1 heterocycles. The molecule has 2 rings (SSSR count). The molecule has 1 aromatic carbocycles. The van der Waals surface area contributed by atoms with E-state index >= 15 is 0 Å². The zero-order valence-corrected chi connectivity index (χ0v) is 11.8. The van der Waals surface area contributed by atoms with Crippen molar-refractivity contribution >= 4 is 12.4 Å². The van der Waals surface area contributed by atoms with Gasteiger partial charge in [-0.1, -0.05) is 12.1 Å². The minimum absolute atomic E-state index is 0. The SMILES string of the molecule is COc1ccc([C@@H](N)C2CCOCC2)cc1C.Cl. The number of aryl methyl sites for hydroxylation is 1. The summed E-state index contributed by atoms with van der Waals surface area (Å²) >= 11 is 0. The molecule has 1 atom stereocenters. The molecule has 0 unspecified atom stereocenters. The van der Waals surface area contributed by atoms with Gasteiger partial charge in [0.05, 0.1) is 7.11 Å². The monoisotopic (exact) mass is 271 g/mol. The predicted molar refractivity (Wildman–Crippen MR) is 75.5 cm³/mol. The molecule has 2 N–H and O–H groups in total. The van der Waals surface area contributed by atoms with Crippen LogP contribution in [0.4, 0.5) is 0 Å². The Kier molecular flexibility index (Phi) is 5.93. The highest BCUT2D eigenvalue weighted by atomic mass is 35.5. The topological polar surface area (TPSA) is 44.5 Å². The normalized spacial score (nSPS) is 17.9. The van der Waals surface area contributed by atoms with Crippen LogP contribution in [0.25, 0.3) is 0 Å². The number of halogens is 1. The maximum atomic E-state index is 6.33. The maximum absolute atomic E-state index is 6.33. The van der Waals surface area contributed by atoms with Crippen LogP contribution in [0.15, 0.2) is 18.2 Å². The molecule has 3 nitrogen and oxygen atoms in total. The van der Waals surface area contributed by atoms with E-state index in [1.165, 1.54) is 5.56 Å². The number of ether oxygens (including phenoxy) is 2. The van der Waals surface area contributed by atoms with Crippen molar-refractivity contribution in [3.8, 4) is 5.75 Å². The van der Waals surface area contributed by atoms with Crippen LogP contribution >= 0.6 is 12.4 Å². The minimum atomic E-state index is 0. The molecule has 0 spiro atoms. The molecule has 102 valence electrons. The third-order valence-electron chi connectivity index (χ3n) is 3.58. The van der Waals surface area contributed by atoms with Crippen molar-refractivity contribution in [2.75, 3.05) is 20.3 Å². The summed E-state index contributed by atoms with van der Waals surface area (Å²) in [4.78, 5) is 0. The van der Waals surface area contributed by atoms with Crippen LogP contribution in [0, 0.1) is 12.8 Å². The second-order valence-electron chi connectivity index (χ2n) is 4.70. The Labute approximate surface area is 115 Å². The third-order valence-corrected chi connectivity index (χ3v) is 3.58. The average molecular weight is 272 g/mol. The van der Waals surface area contributed by atoms with Crippen molar-refractivity contribution in [2.45, 2.75) is 25.8 Å². The van der Waals surface area contributed by atoms with Gasteiger partial charge in [-0.05, 0) is 42.9 Å². The lowest BCUT2D eigenvalue weighted by Gasteiger charge is -2.28. The van der Waals surface area contributed by atoms with E-state index in [0.717, 1.165) is 37.4 Å². The number of benzene rings is 1. The van der Waals surface area contributed by atoms with Crippen molar-refractivity contribution in [3.05, 3.63) is 29.3 Å². The predicted octanol–water partition coefficient (Wildman–Crippen LogP) is 2.85. The molecule has 1 fully saturated rings. The van der Waals surface area contributed by atoms with Gasteiger partial charge in [0.25, 0.3) is 0 Å². The molecule has 0 amide bonds. The van der Waals surface area contributed by atoms with Gasteiger partial charge >= 0.3 is 0 Å². The summed E-state index contributed by atoms with van der Waals surface area (Å²) in [5.74, 6) is 1.46. The van der Waals surface area contributed by atoms with Gasteiger partial charge in [0, 0.05) is 19.3 Å². The van der Waals surface area contributed by atoms with E-state index in [2.05, 4.69) is 19.1 Å². The molecule has 1 saturated heterocycles. The van der Waals surface area contributed by atoms with E-state index in [0.29, 0.717) is 5.92 Å². The first-order chi connectivity index (χ1) is 8.22. The first-order valence-electron chi connectivity index (χ1n) is 6.20. The summed E-state index contributed by atoms with van der Waals surface area (Å²) in [7, 11) is 1.69. The Morgan fingerprint density at radius 1 is 1.33 bits per heavy atom. The Morgan fingerprint density at radius 3 is 2.56 bits per heavy atom. The summed E-state index contributed by atoms with van der Waals surface area (Å²) < 4.78 is 10.6. The van der Waals surface area contributed by atoms with Crippen LogP contribution in [0.5, 0.6) is 5.75 Å². The molecule has 1 aliphatic heterocycles. The van der Waals surface area contributed by atoms with Gasteiger partial charge in [-0.25, -0.2) is 0 Å². The lowest BCUT2D eigenvalue weighted by Crippen LogP contribution is -2.27. The fourth-order valence-corrected chi connectivity index (χ4v) is 2.46. The van der Waals surface area contributed by atoms with Crippen molar-refractivity contribution < 1.29 is 9.47 Å². The molecule has 1 aliphatic rings. The average Bonchev–Trinajstić information content (AvgIpc) is 2.39. The van der Waals surface area contributed by atoms with Crippen LogP contribution in [-0.4, -0.2) is 20.3 Å². The Balaban J connectivity index is 0.00000162. The standard InChI is InChI=1S/C14H21NO2.ClH/c1-10-9-12(3-4-13(10)16-2)14(15)11-5-7-17-8-6-11;/h3-4,9,11,14H,5-8,15H2,1-2H3;1H/t14-;/m0./s1. The molecule has 0 saturated carbocycles. The van der Waals surface area contributed by atoms with Crippen molar-refractivity contribution in [2.24, 2.45) is 11.7 Å². The number of hydrogen-bond acceptors (Lipinski definition) is 3. The number of nitrogens with two attached hydrogens (primary N) is 1. The van der Waals surface area contributed by atoms with Crippen LogP contribution < -0.4 is 10.5 Å². The quantitative estimate of drug-likeness (QED) is 0.919. The Bertz CT molecular complexity index is 378. The highest BCUT2D eigenvalue weighted by molar-refractivity contribution is 5.85. The molecular formula is C14H22ClNO2. The molecular weight excluding hydrogens is 250 g/mol. The van der Waals surface area contributed by atoms with E-state index in [-0.39, 0.29) is 18.4 Å². The Hall–Kier alpha value is -0.770. The second kappa shape index (κ2) is 6.98. The van der Waals surface area contributed by atoms with Gasteiger partial charge in [0.1, 0.15) is 5.75 Å². The zero-order valence-electron chi connectivity index (χ0n) is 11.0. The zero-order chi connectivity index (χ0) is 12.3. The maximum Gasteiger partial charge on any atom is 0.121 e. The van der Waals surface area contributed by atoms with Crippen LogP contribution in [-0.2, 0) is 4.74 Å². The molecule has 18 heavy (non-hydrogen) atoms. The van der Waals surface area contributed by atoms with E-state index in [9.17, 15) is 0 Å². The Morgan fingerprint density at radius 2 is 2.00 bits per heavy atom. The van der Waals surface area contributed by atoms with Gasteiger partial charge in [-0.2, -0.15) is 0 Å². The number of methoxy groups -OCH3 is 1. The summed E-state index contributed by atoms with van der Waals surface area (Å²) in [5, 5.41) is 0. The first-order valence-corrected chi connectivity index (χ1v) is 6.20. The van der Waals surface area contributed by atoms with Crippen LogP contribution in [0.1, 0.15) is 30.0 Å². The lowest BCUT2D eigenvalue weighted by molar-refractivity contribution is 0.0583. The van der Waals surface area contributed by atoms with E-state index in [1.54, 1.807) is 7.11 Å². The lowest BCUT2D eigenvalue weighted by atomic mass is 9.87. The van der Waals surface area contributed by atoms with Crippen LogP contribution in [0.2, 0.25) is 0 Å². The van der Waals surface area contributed by atoms with E-state index < -0.39 is 0 Å². The van der Waals surface area contributed by atoms with Crippen molar-refractivity contribution in [1.29, 1.82) is 0 Å². The van der Waals surface area contributed by atoms with Crippen molar-refractivity contribution in [1.82, 2.24) is 0 Å². The second-order valence-corrected chi connectivity index (χ2v) is 4.70. The summed E-state index contributed by atoms with van der Waals surface area (Å²) in [6, 6.07) is 6.33. The van der Waals surface area contributed by atoms with Crippen molar-refractivity contribution in [3.63, 3.8) is 0 Å². The number of rotatable bonds is 3.